The monoisotopic (exact) mass is 331 g/mol. The van der Waals surface area contributed by atoms with Crippen LogP contribution in [0.2, 0.25) is 0 Å². The van der Waals surface area contributed by atoms with Gasteiger partial charge >= 0.3 is 6.03 Å². The number of carbonyl (C=O) groups is 1. The molecule has 23 heavy (non-hydrogen) atoms. The number of hydrogen-bond donors (Lipinski definition) is 1. The molecule has 0 radical (unpaired) electrons. The summed E-state index contributed by atoms with van der Waals surface area (Å²) in [6, 6.07) is 10.5. The first-order chi connectivity index (χ1) is 11.0. The molecule has 1 heterocycles. The summed E-state index contributed by atoms with van der Waals surface area (Å²) >= 11 is 1.64. The van der Waals surface area contributed by atoms with Gasteiger partial charge in [-0.15, -0.1) is 11.3 Å². The predicted molar refractivity (Wildman–Crippen MR) is 96.8 cm³/mol. The van der Waals surface area contributed by atoms with Crippen molar-refractivity contribution in [1.82, 2.24) is 15.2 Å². The van der Waals surface area contributed by atoms with E-state index in [-0.39, 0.29) is 18.1 Å². The van der Waals surface area contributed by atoms with E-state index < -0.39 is 0 Å². The van der Waals surface area contributed by atoms with Gasteiger partial charge in [0.2, 0.25) is 0 Å². The van der Waals surface area contributed by atoms with Gasteiger partial charge in [-0.25, -0.2) is 9.78 Å². The summed E-state index contributed by atoms with van der Waals surface area (Å²) < 4.78 is 0. The number of hydrogen-bond acceptors (Lipinski definition) is 3. The summed E-state index contributed by atoms with van der Waals surface area (Å²) in [6.45, 7) is 8.74. The third kappa shape index (κ3) is 4.79. The third-order valence-electron chi connectivity index (χ3n) is 3.58. The number of rotatable bonds is 6. The van der Waals surface area contributed by atoms with Gasteiger partial charge in [0.15, 0.2) is 0 Å². The summed E-state index contributed by atoms with van der Waals surface area (Å²) in [7, 11) is 0. The van der Waals surface area contributed by atoms with Crippen molar-refractivity contribution < 1.29 is 4.79 Å². The van der Waals surface area contributed by atoms with Crippen LogP contribution in [0.4, 0.5) is 4.79 Å². The Balaban J connectivity index is 1.87. The molecule has 0 saturated carbocycles. The molecule has 0 unspecified atom stereocenters. The average molecular weight is 331 g/mol. The van der Waals surface area contributed by atoms with Crippen molar-refractivity contribution in [1.29, 1.82) is 0 Å². The van der Waals surface area contributed by atoms with E-state index in [9.17, 15) is 4.79 Å². The minimum absolute atomic E-state index is 0.00601. The van der Waals surface area contributed by atoms with Crippen LogP contribution in [0.15, 0.2) is 35.7 Å². The third-order valence-corrected chi connectivity index (χ3v) is 4.52. The van der Waals surface area contributed by atoms with Gasteiger partial charge in [0, 0.05) is 36.0 Å². The molecule has 0 spiro atoms. The molecule has 0 saturated heterocycles. The van der Waals surface area contributed by atoms with Crippen molar-refractivity contribution in [3.05, 3.63) is 41.4 Å². The fourth-order valence-corrected chi connectivity index (χ4v) is 3.45. The standard InChI is InChI=1S/C18H25N3OS/c1-13(2)21(14(3)4)18(22)19-11-10-16-12-23-17(20-16)15-8-6-5-7-9-15/h5-9,12-14H,10-11H2,1-4H3,(H,19,22). The maximum absolute atomic E-state index is 12.2. The van der Waals surface area contributed by atoms with Crippen LogP contribution in [0.1, 0.15) is 33.4 Å². The molecule has 1 N–H and O–H groups in total. The minimum Gasteiger partial charge on any atom is -0.338 e. The van der Waals surface area contributed by atoms with E-state index in [1.54, 1.807) is 11.3 Å². The van der Waals surface area contributed by atoms with Crippen LogP contribution in [0.5, 0.6) is 0 Å². The zero-order valence-electron chi connectivity index (χ0n) is 14.2. The van der Waals surface area contributed by atoms with E-state index in [4.69, 9.17) is 0 Å². The molecular weight excluding hydrogens is 306 g/mol. The largest absolute Gasteiger partial charge is 0.338 e. The fourth-order valence-electron chi connectivity index (χ4n) is 2.59. The number of nitrogens with zero attached hydrogens (tertiary/aromatic N) is 2. The van der Waals surface area contributed by atoms with E-state index in [2.05, 4.69) is 27.8 Å². The second-order valence-electron chi connectivity index (χ2n) is 6.09. The molecule has 124 valence electrons. The molecule has 0 aliphatic heterocycles. The Morgan fingerprint density at radius 3 is 2.43 bits per heavy atom. The van der Waals surface area contributed by atoms with E-state index in [1.807, 2.05) is 50.8 Å². The van der Waals surface area contributed by atoms with E-state index in [0.717, 1.165) is 22.7 Å². The molecule has 2 rings (SSSR count). The molecule has 1 aromatic heterocycles. The van der Waals surface area contributed by atoms with Crippen LogP contribution in [0, 0.1) is 0 Å². The highest BCUT2D eigenvalue weighted by atomic mass is 32.1. The molecular formula is C18H25N3OS. The molecule has 2 aromatic rings. The van der Waals surface area contributed by atoms with Gasteiger partial charge < -0.3 is 10.2 Å². The SMILES string of the molecule is CC(C)N(C(=O)NCCc1csc(-c2ccccc2)n1)C(C)C. The lowest BCUT2D eigenvalue weighted by Gasteiger charge is -2.30. The zero-order chi connectivity index (χ0) is 16.8. The first kappa shape index (κ1) is 17.5. The number of amides is 2. The number of benzene rings is 1. The van der Waals surface area contributed by atoms with Crippen LogP contribution in [0.3, 0.4) is 0 Å². The molecule has 5 heteroatoms. The van der Waals surface area contributed by atoms with Crippen molar-refractivity contribution in [2.24, 2.45) is 0 Å². The molecule has 4 nitrogen and oxygen atoms in total. The van der Waals surface area contributed by atoms with Crippen molar-refractivity contribution in [2.45, 2.75) is 46.2 Å². The van der Waals surface area contributed by atoms with Crippen molar-refractivity contribution in [3.8, 4) is 10.6 Å². The highest BCUT2D eigenvalue weighted by Gasteiger charge is 2.19. The first-order valence-corrected chi connectivity index (χ1v) is 8.93. The minimum atomic E-state index is -0.00601. The fraction of sp³-hybridized carbons (Fsp3) is 0.444. The Bertz CT molecular complexity index is 614. The van der Waals surface area contributed by atoms with Crippen LogP contribution in [-0.2, 0) is 6.42 Å². The highest BCUT2D eigenvalue weighted by molar-refractivity contribution is 7.13. The number of carbonyl (C=O) groups excluding carboxylic acids is 1. The van der Waals surface area contributed by atoms with E-state index in [0.29, 0.717) is 6.54 Å². The molecule has 0 fully saturated rings. The number of thiazole rings is 1. The maximum Gasteiger partial charge on any atom is 0.317 e. The van der Waals surface area contributed by atoms with Gasteiger partial charge in [-0.05, 0) is 27.7 Å². The maximum atomic E-state index is 12.2. The molecule has 0 bridgehead atoms. The van der Waals surface area contributed by atoms with Gasteiger partial charge in [-0.3, -0.25) is 0 Å². The van der Waals surface area contributed by atoms with Crippen LogP contribution >= 0.6 is 11.3 Å². The number of urea groups is 1. The second kappa shape index (κ2) is 8.11. The Morgan fingerprint density at radius 1 is 1.17 bits per heavy atom. The lowest BCUT2D eigenvalue weighted by Crippen LogP contribution is -2.48. The molecule has 0 aliphatic carbocycles. The molecule has 2 amide bonds. The van der Waals surface area contributed by atoms with Crippen LogP contribution in [0.25, 0.3) is 10.6 Å². The topological polar surface area (TPSA) is 45.2 Å². The molecule has 1 aromatic carbocycles. The Hall–Kier alpha value is -1.88. The first-order valence-electron chi connectivity index (χ1n) is 8.05. The second-order valence-corrected chi connectivity index (χ2v) is 6.94. The normalized spacial score (nSPS) is 11.0. The number of nitrogens with one attached hydrogen (secondary N) is 1. The Morgan fingerprint density at radius 2 is 1.83 bits per heavy atom. The number of aromatic nitrogens is 1. The predicted octanol–water partition coefficient (Wildman–Crippen LogP) is 4.18. The van der Waals surface area contributed by atoms with Crippen LogP contribution < -0.4 is 5.32 Å². The molecule has 0 atom stereocenters. The zero-order valence-corrected chi connectivity index (χ0v) is 15.1. The summed E-state index contributed by atoms with van der Waals surface area (Å²) in [6.07, 6.45) is 0.749. The average Bonchev–Trinajstić information content (AvgIpc) is 2.96. The smallest absolute Gasteiger partial charge is 0.317 e. The van der Waals surface area contributed by atoms with Gasteiger partial charge in [-0.2, -0.15) is 0 Å². The summed E-state index contributed by atoms with van der Waals surface area (Å²) in [5.41, 5.74) is 2.16. The van der Waals surface area contributed by atoms with Gasteiger partial charge in [0.05, 0.1) is 5.69 Å². The van der Waals surface area contributed by atoms with E-state index in [1.165, 1.54) is 0 Å². The lowest BCUT2D eigenvalue weighted by molar-refractivity contribution is 0.165. The van der Waals surface area contributed by atoms with Crippen molar-refractivity contribution >= 4 is 17.4 Å². The van der Waals surface area contributed by atoms with Gasteiger partial charge in [0.25, 0.3) is 0 Å². The molecule has 0 aliphatic rings. The summed E-state index contributed by atoms with van der Waals surface area (Å²) in [5, 5.41) is 6.09. The van der Waals surface area contributed by atoms with E-state index >= 15 is 0 Å². The van der Waals surface area contributed by atoms with Crippen molar-refractivity contribution in [2.75, 3.05) is 6.54 Å². The summed E-state index contributed by atoms with van der Waals surface area (Å²) in [5.74, 6) is 0. The quantitative estimate of drug-likeness (QED) is 0.863. The Labute approximate surface area is 142 Å². The Kier molecular flexibility index (Phi) is 6.16. The highest BCUT2D eigenvalue weighted by Crippen LogP contribution is 2.23. The lowest BCUT2D eigenvalue weighted by atomic mass is 10.2. The van der Waals surface area contributed by atoms with Gasteiger partial charge in [-0.1, -0.05) is 30.3 Å². The van der Waals surface area contributed by atoms with Crippen LogP contribution in [-0.4, -0.2) is 34.5 Å². The summed E-state index contributed by atoms with van der Waals surface area (Å²) in [4.78, 5) is 18.7. The van der Waals surface area contributed by atoms with Gasteiger partial charge in [0.1, 0.15) is 5.01 Å². The van der Waals surface area contributed by atoms with Crippen molar-refractivity contribution in [3.63, 3.8) is 0 Å².